The molecule has 2 rings (SSSR count). The molecule has 0 spiro atoms. The molecular formula is C24H30S2. The molecule has 2 aromatic rings. The first-order chi connectivity index (χ1) is 12.5. The van der Waals surface area contributed by atoms with Crippen molar-refractivity contribution >= 4 is 23.5 Å². The van der Waals surface area contributed by atoms with E-state index in [0.29, 0.717) is 0 Å². The van der Waals surface area contributed by atoms with Crippen molar-refractivity contribution in [2.75, 3.05) is 11.5 Å². The Kier molecular flexibility index (Phi) is 9.23. The van der Waals surface area contributed by atoms with E-state index in [-0.39, 0.29) is 0 Å². The third-order valence-corrected chi connectivity index (χ3v) is 6.58. The Labute approximate surface area is 168 Å². The number of rotatable bonds is 8. The molecule has 2 aromatic carbocycles. The summed E-state index contributed by atoms with van der Waals surface area (Å²) in [4.78, 5) is 0. The number of hydrogen-bond acceptors (Lipinski definition) is 2. The van der Waals surface area contributed by atoms with Gasteiger partial charge in [0.25, 0.3) is 0 Å². The number of thioether (sulfide) groups is 2. The van der Waals surface area contributed by atoms with Crippen molar-refractivity contribution in [3.8, 4) is 11.8 Å². The average Bonchev–Trinajstić information content (AvgIpc) is 2.61. The monoisotopic (exact) mass is 382 g/mol. The summed E-state index contributed by atoms with van der Waals surface area (Å²) in [6.45, 7) is 9.07. The van der Waals surface area contributed by atoms with Crippen LogP contribution in [0, 0.1) is 23.7 Å². The van der Waals surface area contributed by atoms with Crippen molar-refractivity contribution in [2.24, 2.45) is 11.8 Å². The molecular weight excluding hydrogens is 352 g/mol. The fourth-order valence-electron chi connectivity index (χ4n) is 2.34. The zero-order chi connectivity index (χ0) is 18.8. The van der Waals surface area contributed by atoms with Crippen molar-refractivity contribution < 1.29 is 0 Å². The van der Waals surface area contributed by atoms with Gasteiger partial charge in [-0.05, 0) is 58.7 Å². The van der Waals surface area contributed by atoms with Gasteiger partial charge in [0.05, 0.1) is 0 Å². The molecule has 0 unspecified atom stereocenters. The van der Waals surface area contributed by atoms with Crippen LogP contribution in [-0.4, -0.2) is 11.5 Å². The fraction of sp³-hybridized carbons (Fsp3) is 0.417. The van der Waals surface area contributed by atoms with Crippen LogP contribution in [0.3, 0.4) is 0 Å². The predicted molar refractivity (Wildman–Crippen MR) is 121 cm³/mol. The van der Waals surface area contributed by atoms with Gasteiger partial charge in [-0.2, -0.15) is 23.5 Å². The van der Waals surface area contributed by atoms with E-state index in [4.69, 9.17) is 0 Å². The molecule has 0 amide bonds. The summed E-state index contributed by atoms with van der Waals surface area (Å²) < 4.78 is 0. The number of hydrogen-bond donors (Lipinski definition) is 0. The summed E-state index contributed by atoms with van der Waals surface area (Å²) in [5.74, 6) is 12.7. The lowest BCUT2D eigenvalue weighted by atomic mass is 10.1. The normalized spacial score (nSPS) is 10.8. The summed E-state index contributed by atoms with van der Waals surface area (Å²) in [6, 6.07) is 17.3. The second-order valence-corrected chi connectivity index (χ2v) is 9.52. The lowest BCUT2D eigenvalue weighted by Gasteiger charge is -2.05. The minimum atomic E-state index is 0.755. The first-order valence-corrected chi connectivity index (χ1v) is 11.7. The third-order valence-electron chi connectivity index (χ3n) is 3.70. The molecule has 0 aromatic heterocycles. The van der Waals surface area contributed by atoms with Crippen LogP contribution in [0.4, 0.5) is 0 Å². The summed E-state index contributed by atoms with van der Waals surface area (Å²) >= 11 is 4.00. The van der Waals surface area contributed by atoms with Crippen LogP contribution in [0.25, 0.3) is 0 Å². The lowest BCUT2D eigenvalue weighted by molar-refractivity contribution is 0.750. The summed E-state index contributed by atoms with van der Waals surface area (Å²) in [5, 5.41) is 0. The maximum absolute atomic E-state index is 3.28. The van der Waals surface area contributed by atoms with E-state index in [1.54, 1.807) is 0 Å². The van der Waals surface area contributed by atoms with Gasteiger partial charge >= 0.3 is 0 Å². The van der Waals surface area contributed by atoms with E-state index in [1.807, 2.05) is 23.5 Å². The molecule has 2 heteroatoms. The van der Waals surface area contributed by atoms with Gasteiger partial charge in [0.15, 0.2) is 0 Å². The quantitative estimate of drug-likeness (QED) is 0.457. The Morgan fingerprint density at radius 2 is 0.962 bits per heavy atom. The van der Waals surface area contributed by atoms with E-state index >= 15 is 0 Å². The molecule has 0 saturated carbocycles. The lowest BCUT2D eigenvalue weighted by Crippen LogP contribution is -1.91. The largest absolute Gasteiger partial charge is 0.157 e. The standard InChI is InChI=1S/C24H30S2/c1-19(2)15-25-17-23-11-7-21(8-12-23)5-6-22-9-13-24(14-10-22)18-26-16-20(3)4/h7-14,19-20H,15-18H2,1-4H3. The highest BCUT2D eigenvalue weighted by atomic mass is 32.2. The molecule has 0 bridgehead atoms. The Balaban J connectivity index is 1.86. The van der Waals surface area contributed by atoms with E-state index in [9.17, 15) is 0 Å². The van der Waals surface area contributed by atoms with Gasteiger partial charge in [0.1, 0.15) is 0 Å². The molecule has 138 valence electrons. The SMILES string of the molecule is CC(C)CSCc1ccc(C#Cc2ccc(CSCC(C)C)cc2)cc1. The molecule has 0 aliphatic carbocycles. The summed E-state index contributed by atoms with van der Waals surface area (Å²) in [6.07, 6.45) is 0. The van der Waals surface area contributed by atoms with Gasteiger partial charge in [-0.25, -0.2) is 0 Å². The average molecular weight is 383 g/mol. The third kappa shape index (κ3) is 8.39. The number of benzene rings is 2. The molecule has 26 heavy (non-hydrogen) atoms. The van der Waals surface area contributed by atoms with Crippen molar-refractivity contribution in [1.29, 1.82) is 0 Å². The summed E-state index contributed by atoms with van der Waals surface area (Å²) in [7, 11) is 0. The van der Waals surface area contributed by atoms with E-state index in [0.717, 1.165) is 34.5 Å². The highest BCUT2D eigenvalue weighted by molar-refractivity contribution is 7.98. The van der Waals surface area contributed by atoms with Crippen molar-refractivity contribution in [1.82, 2.24) is 0 Å². The van der Waals surface area contributed by atoms with Crippen molar-refractivity contribution in [3.05, 3.63) is 70.8 Å². The molecule has 0 N–H and O–H groups in total. The van der Waals surface area contributed by atoms with Gasteiger partial charge in [-0.1, -0.05) is 63.8 Å². The Hall–Kier alpha value is -1.30. The highest BCUT2D eigenvalue weighted by Gasteiger charge is 1.98. The maximum Gasteiger partial charge on any atom is 0.0249 e. The van der Waals surface area contributed by atoms with Gasteiger partial charge in [-0.15, -0.1) is 0 Å². The van der Waals surface area contributed by atoms with Crippen molar-refractivity contribution in [2.45, 2.75) is 39.2 Å². The van der Waals surface area contributed by atoms with Crippen LogP contribution >= 0.6 is 23.5 Å². The van der Waals surface area contributed by atoms with Crippen molar-refractivity contribution in [3.63, 3.8) is 0 Å². The summed E-state index contributed by atoms with van der Waals surface area (Å²) in [5.41, 5.74) is 4.92. The Bertz CT molecular complexity index is 639. The van der Waals surface area contributed by atoms with Gasteiger partial charge < -0.3 is 0 Å². The fourth-order valence-corrected chi connectivity index (χ4v) is 4.37. The maximum atomic E-state index is 3.28. The Morgan fingerprint density at radius 1 is 0.615 bits per heavy atom. The smallest absolute Gasteiger partial charge is 0.0249 e. The molecule has 0 nitrogen and oxygen atoms in total. The van der Waals surface area contributed by atoms with Gasteiger partial charge in [0, 0.05) is 22.6 Å². The molecule has 0 saturated heterocycles. The second kappa shape index (κ2) is 11.4. The van der Waals surface area contributed by atoms with Crippen LogP contribution in [0.15, 0.2) is 48.5 Å². The molecule has 0 atom stereocenters. The van der Waals surface area contributed by atoms with E-state index in [2.05, 4.69) is 88.1 Å². The Morgan fingerprint density at radius 3 is 1.27 bits per heavy atom. The first kappa shape index (κ1) is 21.0. The first-order valence-electron chi connectivity index (χ1n) is 9.38. The van der Waals surface area contributed by atoms with Crippen LogP contribution in [0.1, 0.15) is 49.9 Å². The molecule has 0 heterocycles. The van der Waals surface area contributed by atoms with Crippen LogP contribution < -0.4 is 0 Å². The minimum Gasteiger partial charge on any atom is -0.157 e. The molecule has 0 fully saturated rings. The molecule has 0 aliphatic heterocycles. The zero-order valence-electron chi connectivity index (χ0n) is 16.4. The minimum absolute atomic E-state index is 0.755. The van der Waals surface area contributed by atoms with Crippen LogP contribution in [-0.2, 0) is 11.5 Å². The molecule has 0 aliphatic rings. The van der Waals surface area contributed by atoms with Crippen LogP contribution in [0.5, 0.6) is 0 Å². The second-order valence-electron chi connectivity index (χ2n) is 7.46. The predicted octanol–water partition coefficient (Wildman–Crippen LogP) is 6.86. The van der Waals surface area contributed by atoms with Gasteiger partial charge in [0.2, 0.25) is 0 Å². The van der Waals surface area contributed by atoms with E-state index < -0.39 is 0 Å². The topological polar surface area (TPSA) is 0 Å². The van der Waals surface area contributed by atoms with Gasteiger partial charge in [-0.3, -0.25) is 0 Å². The highest BCUT2D eigenvalue weighted by Crippen LogP contribution is 2.17. The molecule has 0 radical (unpaired) electrons. The zero-order valence-corrected chi connectivity index (χ0v) is 18.1. The van der Waals surface area contributed by atoms with Crippen LogP contribution in [0.2, 0.25) is 0 Å². The van der Waals surface area contributed by atoms with E-state index in [1.165, 1.54) is 22.6 Å².